The molecule has 0 saturated carbocycles. The number of nitrogens with zero attached hydrogens (tertiary/aromatic N) is 3. The first-order valence-electron chi connectivity index (χ1n) is 8.26. The van der Waals surface area contributed by atoms with Crippen LogP contribution < -0.4 is 4.90 Å². The Morgan fingerprint density at radius 1 is 1.27 bits per heavy atom. The summed E-state index contributed by atoms with van der Waals surface area (Å²) < 4.78 is 5.35. The van der Waals surface area contributed by atoms with E-state index < -0.39 is 4.92 Å². The molecule has 0 N–H and O–H groups in total. The van der Waals surface area contributed by atoms with Crippen LogP contribution in [0.1, 0.15) is 19.4 Å². The summed E-state index contributed by atoms with van der Waals surface area (Å²) in [6.07, 6.45) is 1.57. The Morgan fingerprint density at radius 3 is 2.54 bits per heavy atom. The van der Waals surface area contributed by atoms with Gasteiger partial charge in [0.05, 0.1) is 23.0 Å². The summed E-state index contributed by atoms with van der Waals surface area (Å²) in [5, 5.41) is 10.8. The van der Waals surface area contributed by atoms with Crippen molar-refractivity contribution in [2.75, 3.05) is 31.2 Å². The SMILES string of the molecule is CC(C)N1C(=O)S/C(=C\c2cc([N+](=O)[O-])ccc2N2CCOCC2)C1=O. The lowest BCUT2D eigenvalue weighted by molar-refractivity contribution is -0.384. The van der Waals surface area contributed by atoms with E-state index in [9.17, 15) is 19.7 Å². The fourth-order valence-electron chi connectivity index (χ4n) is 2.93. The van der Waals surface area contributed by atoms with Crippen LogP contribution in [0.2, 0.25) is 0 Å². The second kappa shape index (κ2) is 7.46. The van der Waals surface area contributed by atoms with E-state index in [0.717, 1.165) is 17.4 Å². The van der Waals surface area contributed by atoms with Crippen molar-refractivity contribution in [3.05, 3.63) is 38.8 Å². The number of benzene rings is 1. The number of ether oxygens (including phenoxy) is 1. The molecule has 2 heterocycles. The lowest BCUT2D eigenvalue weighted by atomic mass is 10.1. The van der Waals surface area contributed by atoms with Gasteiger partial charge in [-0.3, -0.25) is 24.6 Å². The van der Waals surface area contributed by atoms with Crippen molar-refractivity contribution in [3.63, 3.8) is 0 Å². The van der Waals surface area contributed by atoms with Gasteiger partial charge in [-0.2, -0.15) is 0 Å². The number of anilines is 1. The van der Waals surface area contributed by atoms with Crippen molar-refractivity contribution in [1.29, 1.82) is 0 Å². The zero-order valence-corrected chi connectivity index (χ0v) is 15.3. The average Bonchev–Trinajstić information content (AvgIpc) is 2.89. The molecule has 2 amide bonds. The van der Waals surface area contributed by atoms with Crippen LogP contribution in [-0.4, -0.2) is 53.3 Å². The molecule has 0 spiro atoms. The first-order valence-corrected chi connectivity index (χ1v) is 9.08. The molecule has 0 radical (unpaired) electrons. The second-order valence-electron chi connectivity index (χ2n) is 6.25. The van der Waals surface area contributed by atoms with Crippen LogP contribution in [0.15, 0.2) is 23.1 Å². The maximum absolute atomic E-state index is 12.5. The van der Waals surface area contributed by atoms with E-state index >= 15 is 0 Å². The summed E-state index contributed by atoms with van der Waals surface area (Å²) in [4.78, 5) is 38.8. The second-order valence-corrected chi connectivity index (χ2v) is 7.24. The van der Waals surface area contributed by atoms with Crippen LogP contribution in [0.3, 0.4) is 0 Å². The molecular formula is C17H19N3O5S. The molecule has 138 valence electrons. The highest BCUT2D eigenvalue weighted by molar-refractivity contribution is 8.18. The third-order valence-corrected chi connectivity index (χ3v) is 5.08. The molecule has 26 heavy (non-hydrogen) atoms. The molecule has 2 fully saturated rings. The van der Waals surface area contributed by atoms with Gasteiger partial charge in [0.25, 0.3) is 16.8 Å². The molecule has 8 nitrogen and oxygen atoms in total. The Hall–Kier alpha value is -2.39. The summed E-state index contributed by atoms with van der Waals surface area (Å²) in [6, 6.07) is 4.33. The molecule has 1 aromatic rings. The Balaban J connectivity index is 2.02. The Bertz CT molecular complexity index is 787. The lowest BCUT2D eigenvalue weighted by Crippen LogP contribution is -2.36. The zero-order valence-electron chi connectivity index (χ0n) is 14.5. The molecule has 2 saturated heterocycles. The maximum Gasteiger partial charge on any atom is 0.293 e. The van der Waals surface area contributed by atoms with Crippen LogP contribution in [0.25, 0.3) is 6.08 Å². The van der Waals surface area contributed by atoms with E-state index in [1.165, 1.54) is 17.0 Å². The van der Waals surface area contributed by atoms with Gasteiger partial charge in [0.2, 0.25) is 0 Å². The Kier molecular flexibility index (Phi) is 5.28. The lowest BCUT2D eigenvalue weighted by Gasteiger charge is -2.30. The standard InChI is InChI=1S/C17H19N3O5S/c1-11(2)19-16(21)15(26-17(19)22)10-12-9-13(20(23)24)3-4-14(12)18-5-7-25-8-6-18/h3-4,9-11H,5-8H2,1-2H3/b15-10-. The minimum Gasteiger partial charge on any atom is -0.378 e. The van der Waals surface area contributed by atoms with Crippen molar-refractivity contribution in [1.82, 2.24) is 4.90 Å². The highest BCUT2D eigenvalue weighted by Gasteiger charge is 2.37. The molecule has 2 aliphatic heterocycles. The Morgan fingerprint density at radius 2 is 1.96 bits per heavy atom. The van der Waals surface area contributed by atoms with Crippen molar-refractivity contribution < 1.29 is 19.2 Å². The van der Waals surface area contributed by atoms with Crippen LogP contribution in [0.4, 0.5) is 16.2 Å². The number of hydrogen-bond donors (Lipinski definition) is 0. The molecule has 9 heteroatoms. The number of carbonyl (C=O) groups excluding carboxylic acids is 2. The van der Waals surface area contributed by atoms with E-state index in [1.807, 2.05) is 0 Å². The largest absolute Gasteiger partial charge is 0.378 e. The first-order chi connectivity index (χ1) is 12.4. The van der Waals surface area contributed by atoms with Gasteiger partial charge in [-0.15, -0.1) is 0 Å². The average molecular weight is 377 g/mol. The molecule has 2 aliphatic rings. The van der Waals surface area contributed by atoms with E-state index in [1.54, 1.807) is 26.0 Å². The predicted molar refractivity (Wildman–Crippen MR) is 99.1 cm³/mol. The number of non-ortho nitro benzene ring substituents is 1. The number of amides is 2. The first kappa shape index (κ1) is 18.4. The van der Waals surface area contributed by atoms with Gasteiger partial charge in [-0.25, -0.2) is 0 Å². The number of morpholine rings is 1. The summed E-state index contributed by atoms with van der Waals surface area (Å²) in [5.74, 6) is -0.366. The third kappa shape index (κ3) is 3.58. The molecule has 0 bridgehead atoms. The van der Waals surface area contributed by atoms with Gasteiger partial charge in [0.1, 0.15) is 0 Å². The summed E-state index contributed by atoms with van der Waals surface area (Å²) >= 11 is 0.860. The molecule has 0 aromatic heterocycles. The van der Waals surface area contributed by atoms with Crippen molar-refractivity contribution in [2.24, 2.45) is 0 Å². The van der Waals surface area contributed by atoms with Gasteiger partial charge < -0.3 is 9.64 Å². The summed E-state index contributed by atoms with van der Waals surface area (Å²) in [6.45, 7) is 6.00. The monoisotopic (exact) mass is 377 g/mol. The zero-order chi connectivity index (χ0) is 18.8. The minimum absolute atomic E-state index is 0.0589. The fourth-order valence-corrected chi connectivity index (χ4v) is 3.88. The summed E-state index contributed by atoms with van der Waals surface area (Å²) in [7, 11) is 0. The normalized spacial score (nSPS) is 19.7. The van der Waals surface area contributed by atoms with Gasteiger partial charge in [0, 0.05) is 42.5 Å². The number of nitro benzene ring substituents is 1. The Labute approximate surface area is 154 Å². The minimum atomic E-state index is -0.472. The molecule has 1 aromatic carbocycles. The number of carbonyl (C=O) groups is 2. The van der Waals surface area contributed by atoms with E-state index in [4.69, 9.17) is 4.74 Å². The van der Waals surface area contributed by atoms with Gasteiger partial charge in [-0.1, -0.05) is 0 Å². The molecule has 0 unspecified atom stereocenters. The van der Waals surface area contributed by atoms with Gasteiger partial charge in [0.15, 0.2) is 0 Å². The number of hydrogen-bond acceptors (Lipinski definition) is 7. The van der Waals surface area contributed by atoms with Crippen LogP contribution in [0, 0.1) is 10.1 Å². The number of rotatable bonds is 4. The van der Waals surface area contributed by atoms with Gasteiger partial charge in [-0.05, 0) is 37.8 Å². The van der Waals surface area contributed by atoms with Gasteiger partial charge >= 0.3 is 0 Å². The van der Waals surface area contributed by atoms with E-state index in [0.29, 0.717) is 31.9 Å². The van der Waals surface area contributed by atoms with Crippen molar-refractivity contribution in [2.45, 2.75) is 19.9 Å². The van der Waals surface area contributed by atoms with Crippen LogP contribution >= 0.6 is 11.8 Å². The summed E-state index contributed by atoms with van der Waals surface area (Å²) in [5.41, 5.74) is 1.28. The highest BCUT2D eigenvalue weighted by atomic mass is 32.2. The number of imide groups is 1. The third-order valence-electron chi connectivity index (χ3n) is 4.20. The van der Waals surface area contributed by atoms with E-state index in [-0.39, 0.29) is 27.8 Å². The molecule has 0 aliphatic carbocycles. The van der Waals surface area contributed by atoms with Crippen LogP contribution in [0.5, 0.6) is 0 Å². The molecular weight excluding hydrogens is 358 g/mol. The van der Waals surface area contributed by atoms with Crippen LogP contribution in [-0.2, 0) is 9.53 Å². The number of nitro groups is 1. The van der Waals surface area contributed by atoms with E-state index in [2.05, 4.69) is 4.90 Å². The van der Waals surface area contributed by atoms with Crippen molar-refractivity contribution in [3.8, 4) is 0 Å². The number of thioether (sulfide) groups is 1. The fraction of sp³-hybridized carbons (Fsp3) is 0.412. The smallest absolute Gasteiger partial charge is 0.293 e. The molecule has 0 atom stereocenters. The predicted octanol–water partition coefficient (Wildman–Crippen LogP) is 2.88. The highest BCUT2D eigenvalue weighted by Crippen LogP contribution is 2.36. The molecule has 3 rings (SSSR count). The van der Waals surface area contributed by atoms with Crippen molar-refractivity contribution >= 4 is 40.4 Å². The maximum atomic E-state index is 12.5. The quantitative estimate of drug-likeness (QED) is 0.452. The topological polar surface area (TPSA) is 93.0 Å².